The molecule has 2 aliphatic heterocycles. The molecule has 2 fully saturated rings. The number of aromatic amines is 2. The minimum atomic E-state index is -6.19. The first-order valence-electron chi connectivity index (χ1n) is 13.0. The van der Waals surface area contributed by atoms with Gasteiger partial charge in [-0.1, -0.05) is 0 Å². The number of rotatable bonds is 14. The highest BCUT2D eigenvalue weighted by Crippen LogP contribution is 2.71. The zero-order valence-corrected chi connectivity index (χ0v) is 27.4. The molecule has 0 aliphatic carbocycles. The molecule has 0 bridgehead atoms. The summed E-state index contributed by atoms with van der Waals surface area (Å²) in [6, 6.07) is 1.76. The predicted octanol–water partition coefficient (Wildman–Crippen LogP) is -4.01. The van der Waals surface area contributed by atoms with Gasteiger partial charge in [-0.15, -0.1) is 0 Å². The Bertz CT molecular complexity index is 1830. The van der Waals surface area contributed by atoms with Gasteiger partial charge < -0.3 is 61.2 Å². The summed E-state index contributed by atoms with van der Waals surface area (Å²) in [5, 5.41) is 40.8. The third kappa shape index (κ3) is 9.98. The van der Waals surface area contributed by atoms with Crippen molar-refractivity contribution in [3.05, 3.63) is 66.2 Å². The fourth-order valence-electron chi connectivity index (χ4n) is 4.28. The lowest BCUT2D eigenvalue weighted by atomic mass is 10.1. The molecule has 12 atom stereocenters. The van der Waals surface area contributed by atoms with Gasteiger partial charge >= 0.3 is 34.8 Å². The van der Waals surface area contributed by atoms with Crippen molar-refractivity contribution in [3.8, 4) is 0 Å². The first kappa shape index (κ1) is 39.6. The van der Waals surface area contributed by atoms with Crippen LogP contribution in [0.5, 0.6) is 0 Å². The van der Waals surface area contributed by atoms with Crippen LogP contribution in [0.1, 0.15) is 12.5 Å². The molecule has 2 saturated heterocycles. The summed E-state index contributed by atoms with van der Waals surface area (Å²) in [5.74, 6) is 0. The van der Waals surface area contributed by atoms with Crippen molar-refractivity contribution in [2.75, 3.05) is 13.2 Å². The van der Waals surface area contributed by atoms with Gasteiger partial charge in [-0.05, 0) is 0 Å². The third-order valence-electron chi connectivity index (χ3n) is 6.38. The van der Waals surface area contributed by atoms with E-state index in [0.29, 0.717) is 9.13 Å². The summed E-state index contributed by atoms with van der Waals surface area (Å²) < 4.78 is 81.6. The Morgan fingerprint density at radius 3 is 1.47 bits per heavy atom. The predicted molar refractivity (Wildman–Crippen MR) is 152 cm³/mol. The van der Waals surface area contributed by atoms with Crippen molar-refractivity contribution >= 4 is 38.5 Å². The molecule has 4 rings (SSSR count). The molecule has 2 aromatic rings. The van der Waals surface area contributed by atoms with E-state index in [1.165, 1.54) is 0 Å². The maximum Gasteiger partial charge on any atom is 0.490 e. The van der Waals surface area contributed by atoms with E-state index in [1.54, 1.807) is 0 Å². The minimum Gasteiger partial charge on any atom is -0.443 e. The smallest absolute Gasteiger partial charge is 0.443 e. The van der Waals surface area contributed by atoms with E-state index in [2.05, 4.69) is 22.0 Å². The van der Waals surface area contributed by atoms with E-state index in [4.69, 9.17) is 17.0 Å². The SMILES string of the molecule is [B-]P(=O)(OC[C@H]1O[C@@H](n2ccc(=O)[nH]c2=O)[C@H](O)[C@@H]1O)OP(=O)(O)OP(=O)(O)OP(=O)(O)OC[C@H]1O[C@@H](n2ccc(=O)[nH]c2=O)[C@H](O)[C@@H]1O. The summed E-state index contributed by atoms with van der Waals surface area (Å²) in [6.45, 7) is -2.28. The molecule has 2 aliphatic rings. The van der Waals surface area contributed by atoms with Crippen LogP contribution < -0.4 is 22.5 Å². The summed E-state index contributed by atoms with van der Waals surface area (Å²) >= 11 is 0. The molecule has 0 saturated carbocycles. The molecule has 0 aromatic carbocycles. The highest BCUT2D eigenvalue weighted by atomic mass is 31.3. The Morgan fingerprint density at radius 2 is 1.04 bits per heavy atom. The number of hydrogen-bond acceptors (Lipinski definition) is 19. The highest BCUT2D eigenvalue weighted by molar-refractivity contribution is 7.84. The second kappa shape index (κ2) is 14.8. The molecule has 4 heterocycles. The molecule has 2 aromatic heterocycles. The molecule has 0 amide bonds. The van der Waals surface area contributed by atoms with Gasteiger partial charge in [-0.3, -0.25) is 33.2 Å². The average molecular weight is 784 g/mol. The van der Waals surface area contributed by atoms with Gasteiger partial charge in [0.15, 0.2) is 12.5 Å². The number of nitrogens with one attached hydrogen (secondary N) is 2. The second-order valence-electron chi connectivity index (χ2n) is 9.91. The normalized spacial score (nSPS) is 32.2. The summed E-state index contributed by atoms with van der Waals surface area (Å²) in [7, 11) is -18.2. The van der Waals surface area contributed by atoms with Crippen LogP contribution in [0.15, 0.2) is 43.7 Å². The quantitative estimate of drug-likeness (QED) is 0.0651. The number of nitrogens with zero attached hydrogens (tertiary/aromatic N) is 2. The first-order chi connectivity index (χ1) is 22.5. The number of aliphatic hydroxyl groups is 4. The summed E-state index contributed by atoms with van der Waals surface area (Å²) in [4.78, 5) is 79.5. The Balaban J connectivity index is 1.31. The lowest BCUT2D eigenvalue weighted by Crippen LogP contribution is -2.37. The van der Waals surface area contributed by atoms with Crippen molar-refractivity contribution < 1.29 is 84.8 Å². The zero-order chi connectivity index (χ0) is 36.7. The Hall–Kier alpha value is -2.22. The maximum absolute atomic E-state index is 12.5. The van der Waals surface area contributed by atoms with E-state index >= 15 is 0 Å². The van der Waals surface area contributed by atoms with Crippen LogP contribution >= 0.6 is 30.9 Å². The minimum absolute atomic E-state index is 0.652. The molecule has 273 valence electrons. The van der Waals surface area contributed by atoms with E-state index in [-0.39, 0.29) is 0 Å². The van der Waals surface area contributed by atoms with Crippen LogP contribution in [0.3, 0.4) is 0 Å². The number of phosphoric acid groups is 3. The van der Waals surface area contributed by atoms with Crippen molar-refractivity contribution in [2.24, 2.45) is 0 Å². The molecule has 31 heteroatoms. The van der Waals surface area contributed by atoms with E-state index in [1.807, 2.05) is 9.97 Å². The number of hydrogen-bond donors (Lipinski definition) is 9. The van der Waals surface area contributed by atoms with E-state index < -0.39 is 116 Å². The number of phosphoric ester groups is 1. The van der Waals surface area contributed by atoms with Gasteiger partial charge in [0.2, 0.25) is 0 Å². The molecular formula is C18H25BN4O22P4-. The molecule has 9 N–H and O–H groups in total. The second-order valence-corrected chi connectivity index (χ2v) is 16.3. The van der Waals surface area contributed by atoms with Crippen molar-refractivity contribution in [1.29, 1.82) is 0 Å². The van der Waals surface area contributed by atoms with Crippen LogP contribution in [-0.2, 0) is 49.7 Å². The van der Waals surface area contributed by atoms with Crippen molar-refractivity contribution in [1.82, 2.24) is 19.1 Å². The fourth-order valence-corrected chi connectivity index (χ4v) is 9.35. The lowest BCUT2D eigenvalue weighted by Gasteiger charge is -2.29. The number of aliphatic hydroxyl groups excluding tert-OH is 4. The van der Waals surface area contributed by atoms with Gasteiger partial charge in [0, 0.05) is 24.5 Å². The van der Waals surface area contributed by atoms with Crippen molar-refractivity contribution in [2.45, 2.75) is 49.1 Å². The summed E-state index contributed by atoms with van der Waals surface area (Å²) in [6.07, 6.45) is -12.3. The topological polar surface area (TPSA) is 384 Å². The summed E-state index contributed by atoms with van der Waals surface area (Å²) in [5.41, 5.74) is -3.72. The van der Waals surface area contributed by atoms with E-state index in [9.17, 15) is 72.5 Å². The Labute approximate surface area is 271 Å². The van der Waals surface area contributed by atoms with Crippen LogP contribution in [0.2, 0.25) is 0 Å². The largest absolute Gasteiger partial charge is 0.490 e. The van der Waals surface area contributed by atoms with Gasteiger partial charge in [-0.25, -0.2) is 27.6 Å². The fraction of sp³-hybridized carbons (Fsp3) is 0.556. The molecule has 3 radical (unpaired) electrons. The average Bonchev–Trinajstić information content (AvgIpc) is 3.38. The standard InChI is InChI=1S/C18H25BN4O22P4/c19-46(32,39-5-7-11(26)13(28)15(41-7)22-3-1-9(24)20-17(22)30)43-48(35,36)45-49(37,38)44-47(33,34)40-6-8-12(27)14(29)16(42-8)23-4-2-10(25)21-18(23)31/h1-4,7-8,11-16,26-29H,5-6H2,(H,33,34)(H,35,36)(H,37,38)(H,20,24,30)(H,21,25,31)/q-1/t7-,8-,11-,12-,13-,14-,15-,16-,46?/m1/s1. The number of H-pyrrole nitrogens is 2. The van der Waals surface area contributed by atoms with Gasteiger partial charge in [0.1, 0.15) is 36.6 Å². The molecular weight excluding hydrogens is 759 g/mol. The molecule has 4 unspecified atom stereocenters. The monoisotopic (exact) mass is 784 g/mol. The van der Waals surface area contributed by atoms with Crippen LogP contribution in [-0.4, -0.2) is 112 Å². The zero-order valence-electron chi connectivity index (χ0n) is 23.9. The molecule has 49 heavy (non-hydrogen) atoms. The Morgan fingerprint density at radius 1 is 0.653 bits per heavy atom. The first-order valence-corrected chi connectivity index (χ1v) is 19.1. The lowest BCUT2D eigenvalue weighted by molar-refractivity contribution is -0.0542. The number of ether oxygens (including phenoxy) is 2. The van der Waals surface area contributed by atoms with Crippen LogP contribution in [0, 0.1) is 0 Å². The highest BCUT2D eigenvalue weighted by Gasteiger charge is 2.48. The van der Waals surface area contributed by atoms with Gasteiger partial charge in [0.05, 0.1) is 20.7 Å². The van der Waals surface area contributed by atoms with Gasteiger partial charge in [-0.2, -0.15) is 8.62 Å². The van der Waals surface area contributed by atoms with Crippen LogP contribution in [0.4, 0.5) is 0 Å². The maximum atomic E-state index is 12.5. The molecule has 26 nitrogen and oxygen atoms in total. The van der Waals surface area contributed by atoms with Gasteiger partial charge in [0.25, 0.3) is 11.1 Å². The third-order valence-corrected chi connectivity index (χ3v) is 12.4. The van der Waals surface area contributed by atoms with Crippen molar-refractivity contribution in [3.63, 3.8) is 0 Å². The number of aromatic nitrogens is 4. The Kier molecular flexibility index (Phi) is 11.9. The molecule has 0 spiro atoms. The van der Waals surface area contributed by atoms with Crippen LogP contribution in [0.25, 0.3) is 0 Å². The van der Waals surface area contributed by atoms with E-state index in [0.717, 1.165) is 24.5 Å².